The highest BCUT2D eigenvalue weighted by Gasteiger charge is 2.44. The van der Waals surface area contributed by atoms with Crippen molar-refractivity contribution < 1.29 is 14.3 Å². The minimum atomic E-state index is -0.504. The first-order valence-electron chi connectivity index (χ1n) is 9.46. The largest absolute Gasteiger partial charge is 0.448 e. The van der Waals surface area contributed by atoms with Crippen molar-refractivity contribution in [3.8, 4) is 11.5 Å². The summed E-state index contributed by atoms with van der Waals surface area (Å²) in [7, 11) is 0. The number of carbonyl (C=O) groups excluding carboxylic acids is 1. The second-order valence-electron chi connectivity index (χ2n) is 7.17. The van der Waals surface area contributed by atoms with E-state index in [1.807, 2.05) is 23.6 Å². The van der Waals surface area contributed by atoms with Crippen LogP contribution in [-0.4, -0.2) is 26.8 Å². The fourth-order valence-electron chi connectivity index (χ4n) is 3.70. The van der Waals surface area contributed by atoms with Crippen LogP contribution in [0.1, 0.15) is 31.4 Å². The number of ether oxygens (including phenoxy) is 2. The van der Waals surface area contributed by atoms with E-state index in [0.717, 1.165) is 31.4 Å². The summed E-state index contributed by atoms with van der Waals surface area (Å²) in [5.74, 6) is 1.58. The first-order valence-corrected chi connectivity index (χ1v) is 11.5. The number of thioether (sulfide) groups is 1. The van der Waals surface area contributed by atoms with Crippen LogP contribution in [-0.2, 0) is 10.5 Å². The molecule has 150 valence electrons. The number of nitrogens with one attached hydrogen (secondary N) is 1. The van der Waals surface area contributed by atoms with E-state index < -0.39 is 5.79 Å². The molecule has 0 radical (unpaired) electrons. The van der Waals surface area contributed by atoms with Crippen molar-refractivity contribution in [1.82, 2.24) is 9.38 Å². The van der Waals surface area contributed by atoms with Crippen molar-refractivity contribution in [2.45, 2.75) is 37.2 Å². The molecule has 29 heavy (non-hydrogen) atoms. The fourth-order valence-corrected chi connectivity index (χ4v) is 5.15. The van der Waals surface area contributed by atoms with Crippen LogP contribution in [0.25, 0.3) is 4.96 Å². The molecule has 1 saturated carbocycles. The first-order chi connectivity index (χ1) is 14.1. The summed E-state index contributed by atoms with van der Waals surface area (Å²) in [6.45, 7) is 0. The van der Waals surface area contributed by atoms with E-state index in [-0.39, 0.29) is 17.2 Å². The number of amides is 1. The number of nitrogens with zero attached hydrogens (tertiary/aromatic N) is 2. The smallest absolute Gasteiger partial charge is 0.258 e. The summed E-state index contributed by atoms with van der Waals surface area (Å²) >= 11 is 2.84. The van der Waals surface area contributed by atoms with Gasteiger partial charge in [0.1, 0.15) is 0 Å². The Morgan fingerprint density at radius 1 is 1.24 bits per heavy atom. The zero-order valence-electron chi connectivity index (χ0n) is 15.6. The molecule has 1 aliphatic carbocycles. The summed E-state index contributed by atoms with van der Waals surface area (Å²) in [6, 6.07) is 7.00. The number of anilines is 1. The van der Waals surface area contributed by atoms with Gasteiger partial charge >= 0.3 is 0 Å². The van der Waals surface area contributed by atoms with Gasteiger partial charge in [0.05, 0.1) is 11.4 Å². The standard InChI is InChI=1S/C20H19N3O4S2/c24-17(12-28-11-14-10-18(25)23-7-8-29-19(23)22-14)21-13-3-4-15-16(9-13)27-20(26-15)5-1-2-6-20/h3-4,7-10H,1-2,5-6,11-12H2,(H,21,24). The van der Waals surface area contributed by atoms with E-state index >= 15 is 0 Å². The molecule has 3 aromatic rings. The summed E-state index contributed by atoms with van der Waals surface area (Å²) in [6.07, 6.45) is 5.72. The lowest BCUT2D eigenvalue weighted by atomic mass is 10.2. The second kappa shape index (κ2) is 7.38. The molecular formula is C20H19N3O4S2. The third-order valence-corrected chi connectivity index (χ3v) is 6.75. The van der Waals surface area contributed by atoms with Gasteiger partial charge in [-0.15, -0.1) is 23.1 Å². The van der Waals surface area contributed by atoms with Gasteiger partial charge < -0.3 is 14.8 Å². The van der Waals surface area contributed by atoms with Crippen LogP contribution in [0, 0.1) is 0 Å². The van der Waals surface area contributed by atoms with Gasteiger partial charge in [0.25, 0.3) is 11.3 Å². The van der Waals surface area contributed by atoms with Crippen molar-refractivity contribution in [3.05, 3.63) is 51.9 Å². The predicted octanol–water partition coefficient (Wildman–Crippen LogP) is 3.67. The van der Waals surface area contributed by atoms with Crippen molar-refractivity contribution >= 4 is 39.7 Å². The number of fused-ring (bicyclic) bond motifs is 2. The SMILES string of the molecule is O=C(CSCc1cc(=O)n2ccsc2n1)Nc1ccc2c(c1)OC1(CCCC1)O2. The topological polar surface area (TPSA) is 81.9 Å². The summed E-state index contributed by atoms with van der Waals surface area (Å²) in [5, 5.41) is 4.72. The summed E-state index contributed by atoms with van der Waals surface area (Å²) in [4.78, 5) is 29.4. The molecule has 0 bridgehead atoms. The number of benzene rings is 1. The van der Waals surface area contributed by atoms with Crippen molar-refractivity contribution in [1.29, 1.82) is 0 Å². The van der Waals surface area contributed by atoms with Gasteiger partial charge in [-0.05, 0) is 25.0 Å². The number of rotatable bonds is 5. The monoisotopic (exact) mass is 429 g/mol. The van der Waals surface area contributed by atoms with Gasteiger partial charge in [-0.25, -0.2) is 4.98 Å². The highest BCUT2D eigenvalue weighted by molar-refractivity contribution is 7.99. The predicted molar refractivity (Wildman–Crippen MR) is 113 cm³/mol. The molecule has 1 aromatic carbocycles. The highest BCUT2D eigenvalue weighted by Crippen LogP contribution is 2.47. The third-order valence-electron chi connectivity index (χ3n) is 5.02. The average molecular weight is 430 g/mol. The van der Waals surface area contributed by atoms with Gasteiger partial charge in [0.2, 0.25) is 5.91 Å². The Hall–Kier alpha value is -2.52. The van der Waals surface area contributed by atoms with E-state index in [0.29, 0.717) is 27.8 Å². The molecule has 1 aliphatic heterocycles. The lowest BCUT2D eigenvalue weighted by Crippen LogP contribution is -2.34. The normalized spacial score (nSPS) is 16.6. The molecule has 1 spiro atoms. The fraction of sp³-hybridized carbons (Fsp3) is 0.350. The molecule has 3 heterocycles. The van der Waals surface area contributed by atoms with Crippen LogP contribution in [0.2, 0.25) is 0 Å². The Bertz CT molecular complexity index is 1130. The molecule has 1 fully saturated rings. The van der Waals surface area contributed by atoms with Crippen LogP contribution in [0.5, 0.6) is 11.5 Å². The van der Waals surface area contributed by atoms with E-state index in [1.54, 1.807) is 6.20 Å². The van der Waals surface area contributed by atoms with Gasteiger partial charge in [0, 0.05) is 48.0 Å². The minimum Gasteiger partial charge on any atom is -0.448 e. The Kier molecular flexibility index (Phi) is 4.71. The summed E-state index contributed by atoms with van der Waals surface area (Å²) in [5.41, 5.74) is 1.27. The van der Waals surface area contributed by atoms with Gasteiger partial charge in [0.15, 0.2) is 16.5 Å². The maximum Gasteiger partial charge on any atom is 0.258 e. The molecule has 0 unspecified atom stereocenters. The van der Waals surface area contributed by atoms with Crippen LogP contribution in [0.3, 0.4) is 0 Å². The molecule has 2 aliphatic rings. The molecule has 9 heteroatoms. The van der Waals surface area contributed by atoms with Crippen LogP contribution in [0.15, 0.2) is 40.6 Å². The number of hydrogen-bond acceptors (Lipinski definition) is 7. The molecule has 0 atom stereocenters. The Balaban J connectivity index is 1.17. The average Bonchev–Trinajstić information content (AvgIpc) is 3.41. The zero-order valence-corrected chi connectivity index (χ0v) is 17.2. The molecular weight excluding hydrogens is 410 g/mol. The van der Waals surface area contributed by atoms with Gasteiger partial charge in [-0.2, -0.15) is 0 Å². The lowest BCUT2D eigenvalue weighted by Gasteiger charge is -2.21. The molecule has 5 rings (SSSR count). The third kappa shape index (κ3) is 3.72. The number of carbonyl (C=O) groups is 1. The minimum absolute atomic E-state index is 0.100. The van der Waals surface area contributed by atoms with E-state index in [2.05, 4.69) is 10.3 Å². The van der Waals surface area contributed by atoms with E-state index in [4.69, 9.17) is 9.47 Å². The first kappa shape index (κ1) is 18.5. The van der Waals surface area contributed by atoms with Crippen LogP contribution >= 0.6 is 23.1 Å². The van der Waals surface area contributed by atoms with Crippen molar-refractivity contribution in [2.75, 3.05) is 11.1 Å². The Labute approximate surface area is 175 Å². The molecule has 1 amide bonds. The van der Waals surface area contributed by atoms with Gasteiger partial charge in [-0.1, -0.05) is 0 Å². The van der Waals surface area contributed by atoms with Gasteiger partial charge in [-0.3, -0.25) is 14.0 Å². The second-order valence-corrected chi connectivity index (χ2v) is 9.02. The Morgan fingerprint density at radius 3 is 2.93 bits per heavy atom. The quantitative estimate of drug-likeness (QED) is 0.666. The van der Waals surface area contributed by atoms with Crippen LogP contribution < -0.4 is 20.3 Å². The van der Waals surface area contributed by atoms with E-state index in [1.165, 1.54) is 33.6 Å². The van der Waals surface area contributed by atoms with E-state index in [9.17, 15) is 9.59 Å². The number of hydrogen-bond donors (Lipinski definition) is 1. The summed E-state index contributed by atoms with van der Waals surface area (Å²) < 4.78 is 13.5. The van der Waals surface area contributed by atoms with Crippen LogP contribution in [0.4, 0.5) is 5.69 Å². The van der Waals surface area contributed by atoms with Crippen molar-refractivity contribution in [3.63, 3.8) is 0 Å². The highest BCUT2D eigenvalue weighted by atomic mass is 32.2. The maximum absolute atomic E-state index is 12.3. The zero-order chi connectivity index (χ0) is 19.8. The van der Waals surface area contributed by atoms with Crippen molar-refractivity contribution in [2.24, 2.45) is 0 Å². The molecule has 7 nitrogen and oxygen atoms in total. The molecule has 1 N–H and O–H groups in total. The maximum atomic E-state index is 12.3. The lowest BCUT2D eigenvalue weighted by molar-refractivity contribution is -0.113. The molecule has 2 aromatic heterocycles. The Morgan fingerprint density at radius 2 is 2.07 bits per heavy atom. The number of thiazole rings is 1. The number of aromatic nitrogens is 2. The molecule has 0 saturated heterocycles.